The molecule has 0 spiro atoms. The summed E-state index contributed by atoms with van der Waals surface area (Å²) in [6.07, 6.45) is 0. The summed E-state index contributed by atoms with van der Waals surface area (Å²) < 4.78 is 0. The molecule has 1 fully saturated rings. The number of carbonyl (C=O) groups excluding carboxylic acids is 1. The van der Waals surface area contributed by atoms with Crippen molar-refractivity contribution in [2.24, 2.45) is 0 Å². The Hall–Kier alpha value is -1.76. The second-order valence-corrected chi connectivity index (χ2v) is 6.03. The third kappa shape index (κ3) is 3.35. The number of amides is 1. The number of benzene rings is 1. The summed E-state index contributed by atoms with van der Waals surface area (Å²) in [5, 5.41) is 10.9. The van der Waals surface area contributed by atoms with Crippen LogP contribution in [-0.4, -0.2) is 65.1 Å². The molecular formula is C16H19N3O2S. The first-order valence-electron chi connectivity index (χ1n) is 7.39. The lowest BCUT2D eigenvalue weighted by Crippen LogP contribution is -2.49. The Labute approximate surface area is 133 Å². The molecular weight excluding hydrogens is 298 g/mol. The fourth-order valence-corrected chi connectivity index (χ4v) is 3.20. The number of carbonyl (C=O) groups is 1. The average molecular weight is 317 g/mol. The van der Waals surface area contributed by atoms with Crippen molar-refractivity contribution in [1.82, 2.24) is 14.8 Å². The van der Waals surface area contributed by atoms with Crippen molar-refractivity contribution >= 4 is 17.2 Å². The minimum absolute atomic E-state index is 0.0773. The molecule has 5 nitrogen and oxygen atoms in total. The van der Waals surface area contributed by atoms with E-state index in [2.05, 4.69) is 9.88 Å². The quantitative estimate of drug-likeness (QED) is 0.930. The zero-order valence-corrected chi connectivity index (χ0v) is 13.1. The molecule has 0 radical (unpaired) electrons. The van der Waals surface area contributed by atoms with Crippen LogP contribution in [0.4, 0.5) is 0 Å². The summed E-state index contributed by atoms with van der Waals surface area (Å²) in [7, 11) is 0. The molecule has 1 saturated heterocycles. The number of aromatic nitrogens is 1. The van der Waals surface area contributed by atoms with Gasteiger partial charge in [-0.1, -0.05) is 12.1 Å². The Balaban J connectivity index is 1.63. The number of aliphatic hydroxyl groups excluding tert-OH is 1. The summed E-state index contributed by atoms with van der Waals surface area (Å²) in [4.78, 5) is 20.8. The molecule has 116 valence electrons. The SMILES string of the molecule is O=C(c1ccc(-c2cscn2)cc1)N1CCN(CCO)CC1. The molecule has 0 unspecified atom stereocenters. The summed E-state index contributed by atoms with van der Waals surface area (Å²) in [5.74, 6) is 0.0773. The predicted molar refractivity (Wildman–Crippen MR) is 87.0 cm³/mol. The second-order valence-electron chi connectivity index (χ2n) is 5.31. The number of thiazole rings is 1. The first kappa shape index (κ1) is 15.1. The van der Waals surface area contributed by atoms with Crippen molar-refractivity contribution in [1.29, 1.82) is 0 Å². The first-order valence-corrected chi connectivity index (χ1v) is 8.33. The molecule has 1 aliphatic heterocycles. The van der Waals surface area contributed by atoms with Gasteiger partial charge in [-0.05, 0) is 12.1 Å². The molecule has 22 heavy (non-hydrogen) atoms. The molecule has 1 aromatic carbocycles. The van der Waals surface area contributed by atoms with E-state index >= 15 is 0 Å². The van der Waals surface area contributed by atoms with Crippen LogP contribution in [0.3, 0.4) is 0 Å². The van der Waals surface area contributed by atoms with E-state index in [4.69, 9.17) is 5.11 Å². The molecule has 3 rings (SSSR count). The zero-order chi connectivity index (χ0) is 15.4. The lowest BCUT2D eigenvalue weighted by molar-refractivity contribution is 0.0615. The van der Waals surface area contributed by atoms with Crippen LogP contribution >= 0.6 is 11.3 Å². The number of piperazine rings is 1. The molecule has 0 aliphatic carbocycles. The maximum absolute atomic E-state index is 12.5. The van der Waals surface area contributed by atoms with Gasteiger partial charge in [0.2, 0.25) is 0 Å². The fraction of sp³-hybridized carbons (Fsp3) is 0.375. The van der Waals surface area contributed by atoms with Crippen LogP contribution in [0.15, 0.2) is 35.2 Å². The van der Waals surface area contributed by atoms with Crippen molar-refractivity contribution in [3.05, 3.63) is 40.7 Å². The van der Waals surface area contributed by atoms with Gasteiger partial charge in [0.25, 0.3) is 5.91 Å². The van der Waals surface area contributed by atoms with Gasteiger partial charge in [0.15, 0.2) is 0 Å². The van der Waals surface area contributed by atoms with Gasteiger partial charge in [-0.25, -0.2) is 4.98 Å². The minimum atomic E-state index is 0.0773. The summed E-state index contributed by atoms with van der Waals surface area (Å²) >= 11 is 1.56. The number of hydrogen-bond donors (Lipinski definition) is 1. The molecule has 1 aromatic heterocycles. The number of rotatable bonds is 4. The molecule has 1 amide bonds. The second kappa shape index (κ2) is 7.00. The fourth-order valence-electron chi connectivity index (χ4n) is 2.64. The summed E-state index contributed by atoms with van der Waals surface area (Å²) in [6, 6.07) is 7.64. The maximum Gasteiger partial charge on any atom is 0.253 e. The third-order valence-electron chi connectivity index (χ3n) is 3.94. The molecule has 1 aliphatic rings. The number of aliphatic hydroxyl groups is 1. The van der Waals surface area contributed by atoms with Crippen LogP contribution < -0.4 is 0 Å². The first-order chi connectivity index (χ1) is 10.8. The Morgan fingerprint density at radius 2 is 1.91 bits per heavy atom. The van der Waals surface area contributed by atoms with Crippen LogP contribution in [0.25, 0.3) is 11.3 Å². The summed E-state index contributed by atoms with van der Waals surface area (Å²) in [5.41, 5.74) is 4.50. The van der Waals surface area contributed by atoms with E-state index in [1.807, 2.05) is 34.5 Å². The molecule has 0 saturated carbocycles. The van der Waals surface area contributed by atoms with Gasteiger partial charge in [0.05, 0.1) is 17.8 Å². The summed E-state index contributed by atoms with van der Waals surface area (Å²) in [6.45, 7) is 3.93. The van der Waals surface area contributed by atoms with Crippen molar-refractivity contribution in [2.75, 3.05) is 39.3 Å². The van der Waals surface area contributed by atoms with Crippen molar-refractivity contribution in [3.63, 3.8) is 0 Å². The highest BCUT2D eigenvalue weighted by Gasteiger charge is 2.21. The smallest absolute Gasteiger partial charge is 0.253 e. The van der Waals surface area contributed by atoms with Gasteiger partial charge in [-0.3, -0.25) is 9.69 Å². The monoisotopic (exact) mass is 317 g/mol. The Kier molecular flexibility index (Phi) is 4.82. The van der Waals surface area contributed by atoms with Crippen LogP contribution in [0.2, 0.25) is 0 Å². The van der Waals surface area contributed by atoms with E-state index in [9.17, 15) is 4.79 Å². The highest BCUT2D eigenvalue weighted by molar-refractivity contribution is 7.07. The van der Waals surface area contributed by atoms with Gasteiger partial charge in [-0.15, -0.1) is 11.3 Å². The predicted octanol–water partition coefficient (Wildman–Crippen LogP) is 1.56. The lowest BCUT2D eigenvalue weighted by Gasteiger charge is -2.34. The minimum Gasteiger partial charge on any atom is -0.395 e. The van der Waals surface area contributed by atoms with E-state index in [-0.39, 0.29) is 12.5 Å². The maximum atomic E-state index is 12.5. The number of β-amino-alcohol motifs (C(OH)–C–C–N with tert-alkyl or cyclic N) is 1. The molecule has 1 N–H and O–H groups in total. The largest absolute Gasteiger partial charge is 0.395 e. The van der Waals surface area contributed by atoms with Crippen LogP contribution in [-0.2, 0) is 0 Å². The van der Waals surface area contributed by atoms with Crippen molar-refractivity contribution < 1.29 is 9.90 Å². The van der Waals surface area contributed by atoms with Crippen LogP contribution in [0.1, 0.15) is 10.4 Å². The molecule has 0 atom stereocenters. The van der Waals surface area contributed by atoms with Crippen LogP contribution in [0.5, 0.6) is 0 Å². The molecule has 6 heteroatoms. The molecule has 2 heterocycles. The van der Waals surface area contributed by atoms with E-state index < -0.39 is 0 Å². The van der Waals surface area contributed by atoms with Gasteiger partial charge in [0, 0.05) is 49.2 Å². The molecule has 0 bridgehead atoms. The van der Waals surface area contributed by atoms with Crippen molar-refractivity contribution in [3.8, 4) is 11.3 Å². The van der Waals surface area contributed by atoms with E-state index in [0.717, 1.165) is 29.9 Å². The third-order valence-corrected chi connectivity index (χ3v) is 4.52. The van der Waals surface area contributed by atoms with E-state index in [0.29, 0.717) is 19.6 Å². The van der Waals surface area contributed by atoms with Crippen LogP contribution in [0, 0.1) is 0 Å². The number of nitrogens with zero attached hydrogens (tertiary/aromatic N) is 3. The van der Waals surface area contributed by atoms with E-state index in [1.165, 1.54) is 0 Å². The van der Waals surface area contributed by atoms with Gasteiger partial charge < -0.3 is 10.0 Å². The van der Waals surface area contributed by atoms with E-state index in [1.54, 1.807) is 16.8 Å². The molecule has 2 aromatic rings. The Morgan fingerprint density at radius 3 is 2.50 bits per heavy atom. The van der Waals surface area contributed by atoms with Gasteiger partial charge >= 0.3 is 0 Å². The Morgan fingerprint density at radius 1 is 1.18 bits per heavy atom. The zero-order valence-electron chi connectivity index (χ0n) is 12.3. The topological polar surface area (TPSA) is 56.7 Å². The highest BCUT2D eigenvalue weighted by atomic mass is 32.1. The standard InChI is InChI=1S/C16H19N3O2S/c20-10-9-18-5-7-19(8-6-18)16(21)14-3-1-13(2-4-14)15-11-22-12-17-15/h1-4,11-12,20H,5-10H2. The number of hydrogen-bond acceptors (Lipinski definition) is 5. The van der Waals surface area contributed by atoms with Gasteiger partial charge in [0.1, 0.15) is 0 Å². The van der Waals surface area contributed by atoms with Gasteiger partial charge in [-0.2, -0.15) is 0 Å². The Bertz CT molecular complexity index is 605. The average Bonchev–Trinajstić information content (AvgIpc) is 3.10. The van der Waals surface area contributed by atoms with Crippen molar-refractivity contribution in [2.45, 2.75) is 0 Å². The normalized spacial score (nSPS) is 16.0. The highest BCUT2D eigenvalue weighted by Crippen LogP contribution is 2.20. The lowest BCUT2D eigenvalue weighted by atomic mass is 10.1.